The van der Waals surface area contributed by atoms with Gasteiger partial charge < -0.3 is 9.84 Å². The van der Waals surface area contributed by atoms with E-state index in [2.05, 4.69) is 4.98 Å². The highest BCUT2D eigenvalue weighted by Crippen LogP contribution is 2.39. The maximum atomic E-state index is 10.1. The van der Waals surface area contributed by atoms with E-state index in [1.54, 1.807) is 18.4 Å². The summed E-state index contributed by atoms with van der Waals surface area (Å²) < 4.78 is 5.44. The molecule has 4 heteroatoms. The maximum Gasteiger partial charge on any atom is 0.0955 e. The summed E-state index contributed by atoms with van der Waals surface area (Å²) in [5.41, 5.74) is 0.738. The molecule has 1 aromatic heterocycles. The number of aryl methyl sites for hydroxylation is 1. The van der Waals surface area contributed by atoms with Gasteiger partial charge in [-0.3, -0.25) is 0 Å². The molecular formula is C11H17NO2S. The quantitative estimate of drug-likeness (QED) is 0.854. The maximum absolute atomic E-state index is 10.1. The smallest absolute Gasteiger partial charge is 0.0955 e. The summed E-state index contributed by atoms with van der Waals surface area (Å²) >= 11 is 1.61. The molecule has 0 amide bonds. The van der Waals surface area contributed by atoms with Crippen LogP contribution in [0.1, 0.15) is 30.0 Å². The van der Waals surface area contributed by atoms with Crippen LogP contribution in [0.4, 0.5) is 0 Å². The van der Waals surface area contributed by atoms with Crippen molar-refractivity contribution < 1.29 is 9.84 Å². The Bertz CT molecular complexity index is 328. The van der Waals surface area contributed by atoms with Crippen LogP contribution in [0.25, 0.3) is 0 Å². The number of thiazole rings is 1. The number of aliphatic hydroxyl groups is 1. The Hall–Kier alpha value is -0.450. The summed E-state index contributed by atoms with van der Waals surface area (Å²) in [6.45, 7) is 1.97. The first-order chi connectivity index (χ1) is 7.16. The van der Waals surface area contributed by atoms with Gasteiger partial charge in [0.15, 0.2) is 0 Å². The predicted molar refractivity (Wildman–Crippen MR) is 60.2 cm³/mol. The van der Waals surface area contributed by atoms with Crippen molar-refractivity contribution in [2.75, 3.05) is 7.11 Å². The molecule has 3 nitrogen and oxygen atoms in total. The second kappa shape index (κ2) is 4.20. The van der Waals surface area contributed by atoms with Crippen molar-refractivity contribution in [3.05, 3.63) is 16.1 Å². The zero-order chi connectivity index (χ0) is 10.9. The molecule has 15 heavy (non-hydrogen) atoms. The molecule has 0 bridgehead atoms. The van der Waals surface area contributed by atoms with Crippen molar-refractivity contribution in [1.82, 2.24) is 4.98 Å². The summed E-state index contributed by atoms with van der Waals surface area (Å²) in [6.07, 6.45) is 3.29. The molecule has 1 fully saturated rings. The number of hydrogen-bond acceptors (Lipinski definition) is 4. The second-order valence-corrected chi connectivity index (χ2v) is 5.17. The lowest BCUT2D eigenvalue weighted by Gasteiger charge is -2.43. The minimum atomic E-state index is -0.415. The van der Waals surface area contributed by atoms with Crippen molar-refractivity contribution >= 4 is 11.3 Å². The van der Waals surface area contributed by atoms with Crippen LogP contribution in [0.2, 0.25) is 0 Å². The van der Waals surface area contributed by atoms with Gasteiger partial charge in [0.05, 0.1) is 16.7 Å². The van der Waals surface area contributed by atoms with E-state index in [-0.39, 0.29) is 5.60 Å². The predicted octanol–water partition coefficient (Wildman–Crippen LogP) is 1.92. The van der Waals surface area contributed by atoms with Crippen molar-refractivity contribution in [3.63, 3.8) is 0 Å². The van der Waals surface area contributed by atoms with E-state index in [4.69, 9.17) is 4.74 Å². The molecule has 1 N–H and O–H groups in total. The van der Waals surface area contributed by atoms with Crippen LogP contribution in [0.15, 0.2) is 5.38 Å². The van der Waals surface area contributed by atoms with E-state index in [0.29, 0.717) is 6.42 Å². The molecule has 1 unspecified atom stereocenters. The standard InChI is InChI=1S/C11H17NO2S/c1-8-7-15-10(12-8)6-9(13)11(14-2)4-3-5-11/h7,9,13H,3-6H2,1-2H3. The molecule has 1 aliphatic carbocycles. The van der Waals surface area contributed by atoms with Crippen LogP contribution in [-0.2, 0) is 11.2 Å². The van der Waals surface area contributed by atoms with Crippen LogP contribution >= 0.6 is 11.3 Å². The Morgan fingerprint density at radius 3 is 2.80 bits per heavy atom. The third kappa shape index (κ3) is 2.07. The van der Waals surface area contributed by atoms with Crippen molar-refractivity contribution in [2.45, 2.75) is 44.3 Å². The summed E-state index contributed by atoms with van der Waals surface area (Å²) in [5.74, 6) is 0. The largest absolute Gasteiger partial charge is 0.390 e. The third-order valence-electron chi connectivity index (χ3n) is 3.25. The minimum absolute atomic E-state index is 0.292. The zero-order valence-corrected chi connectivity index (χ0v) is 10.0. The first kappa shape index (κ1) is 11.0. The summed E-state index contributed by atoms with van der Waals surface area (Å²) in [4.78, 5) is 4.36. The molecule has 0 aromatic carbocycles. The average molecular weight is 227 g/mol. The number of aromatic nitrogens is 1. The van der Waals surface area contributed by atoms with Crippen molar-refractivity contribution in [3.8, 4) is 0 Å². The molecule has 0 aliphatic heterocycles. The van der Waals surface area contributed by atoms with Gasteiger partial charge in [-0.05, 0) is 26.2 Å². The second-order valence-electron chi connectivity index (χ2n) is 4.22. The van der Waals surface area contributed by atoms with E-state index < -0.39 is 6.10 Å². The van der Waals surface area contributed by atoms with Crippen LogP contribution in [0.3, 0.4) is 0 Å². The fourth-order valence-electron chi connectivity index (χ4n) is 2.05. The van der Waals surface area contributed by atoms with Gasteiger partial charge in [0.1, 0.15) is 0 Å². The molecule has 1 aromatic rings. The molecule has 84 valence electrons. The lowest BCUT2D eigenvalue weighted by atomic mass is 9.75. The Morgan fingerprint density at radius 2 is 2.40 bits per heavy atom. The van der Waals surface area contributed by atoms with Gasteiger partial charge in [0.2, 0.25) is 0 Å². The molecule has 1 atom stereocenters. The van der Waals surface area contributed by atoms with E-state index in [1.807, 2.05) is 12.3 Å². The molecule has 1 heterocycles. The van der Waals surface area contributed by atoms with E-state index >= 15 is 0 Å². The normalized spacial score (nSPS) is 21.0. The van der Waals surface area contributed by atoms with E-state index in [1.165, 1.54) is 0 Å². The number of ether oxygens (including phenoxy) is 1. The van der Waals surface area contributed by atoms with Gasteiger partial charge in [-0.15, -0.1) is 11.3 Å². The molecule has 2 rings (SSSR count). The van der Waals surface area contributed by atoms with Gasteiger partial charge in [-0.25, -0.2) is 4.98 Å². The highest BCUT2D eigenvalue weighted by molar-refractivity contribution is 7.09. The lowest BCUT2D eigenvalue weighted by molar-refractivity contribution is -0.148. The molecule has 0 spiro atoms. The summed E-state index contributed by atoms with van der Waals surface area (Å²) in [7, 11) is 1.69. The average Bonchev–Trinajstić information content (AvgIpc) is 2.50. The monoisotopic (exact) mass is 227 g/mol. The minimum Gasteiger partial charge on any atom is -0.390 e. The fraction of sp³-hybridized carbons (Fsp3) is 0.727. The Balaban J connectivity index is 1.99. The topological polar surface area (TPSA) is 42.4 Å². The van der Waals surface area contributed by atoms with Gasteiger partial charge in [-0.2, -0.15) is 0 Å². The van der Waals surface area contributed by atoms with Crippen molar-refractivity contribution in [1.29, 1.82) is 0 Å². The first-order valence-electron chi connectivity index (χ1n) is 5.30. The fourth-order valence-corrected chi connectivity index (χ4v) is 2.86. The van der Waals surface area contributed by atoms with Crippen LogP contribution in [0.5, 0.6) is 0 Å². The summed E-state index contributed by atoms with van der Waals surface area (Å²) in [5, 5.41) is 13.1. The number of nitrogens with zero attached hydrogens (tertiary/aromatic N) is 1. The first-order valence-corrected chi connectivity index (χ1v) is 6.18. The van der Waals surface area contributed by atoms with E-state index in [9.17, 15) is 5.11 Å². The Kier molecular flexibility index (Phi) is 3.09. The molecule has 0 radical (unpaired) electrons. The number of hydrogen-bond donors (Lipinski definition) is 1. The molecular weight excluding hydrogens is 210 g/mol. The Morgan fingerprint density at radius 1 is 1.67 bits per heavy atom. The third-order valence-corrected chi connectivity index (χ3v) is 4.24. The van der Waals surface area contributed by atoms with Gasteiger partial charge in [0, 0.05) is 24.6 Å². The molecule has 1 aliphatic rings. The summed E-state index contributed by atoms with van der Waals surface area (Å²) in [6, 6.07) is 0. The van der Waals surface area contributed by atoms with Gasteiger partial charge in [-0.1, -0.05) is 0 Å². The molecule has 0 saturated heterocycles. The van der Waals surface area contributed by atoms with Gasteiger partial charge in [0.25, 0.3) is 0 Å². The van der Waals surface area contributed by atoms with Crippen molar-refractivity contribution in [2.24, 2.45) is 0 Å². The van der Waals surface area contributed by atoms with E-state index in [0.717, 1.165) is 30.0 Å². The number of methoxy groups -OCH3 is 1. The highest BCUT2D eigenvalue weighted by Gasteiger charge is 2.43. The van der Waals surface area contributed by atoms with Crippen LogP contribution in [-0.4, -0.2) is 28.9 Å². The van der Waals surface area contributed by atoms with Crippen LogP contribution < -0.4 is 0 Å². The zero-order valence-electron chi connectivity index (χ0n) is 9.19. The SMILES string of the molecule is COC1(C(O)Cc2nc(C)cs2)CCC1. The highest BCUT2D eigenvalue weighted by atomic mass is 32.1. The molecule has 1 saturated carbocycles. The lowest BCUT2D eigenvalue weighted by Crippen LogP contribution is -2.50. The number of rotatable bonds is 4. The Labute approximate surface area is 94.1 Å². The van der Waals surface area contributed by atoms with Gasteiger partial charge >= 0.3 is 0 Å². The van der Waals surface area contributed by atoms with Crippen LogP contribution in [0, 0.1) is 6.92 Å². The number of aliphatic hydroxyl groups excluding tert-OH is 1.